The number of nitrogens with zero attached hydrogens (tertiary/aromatic N) is 2. The number of unbranched alkanes of at least 4 members (excludes halogenated alkanes) is 1. The van der Waals surface area contributed by atoms with Crippen LogP contribution in [0.1, 0.15) is 46.5 Å². The van der Waals surface area contributed by atoms with Crippen LogP contribution < -0.4 is 5.32 Å². The van der Waals surface area contributed by atoms with Gasteiger partial charge in [-0.1, -0.05) is 27.2 Å². The van der Waals surface area contributed by atoms with Crippen molar-refractivity contribution >= 4 is 11.8 Å². The van der Waals surface area contributed by atoms with Crippen LogP contribution in [0.15, 0.2) is 0 Å². The largest absolute Gasteiger partial charge is 0.356 e. The average Bonchev–Trinajstić information content (AvgIpc) is 2.86. The predicted molar refractivity (Wildman–Crippen MR) is 85.0 cm³/mol. The van der Waals surface area contributed by atoms with Gasteiger partial charge in [0.05, 0.1) is 5.92 Å². The van der Waals surface area contributed by atoms with Crippen molar-refractivity contribution < 1.29 is 9.59 Å². The molecule has 1 fully saturated rings. The van der Waals surface area contributed by atoms with Crippen LogP contribution in [0.25, 0.3) is 0 Å². The molecule has 0 aromatic rings. The predicted octanol–water partition coefficient (Wildman–Crippen LogP) is 1.48. The second-order valence-corrected chi connectivity index (χ2v) is 5.77. The minimum absolute atomic E-state index is 0.0434. The molecule has 1 aliphatic rings. The fraction of sp³-hybridized carbons (Fsp3) is 0.875. The maximum absolute atomic E-state index is 12.1. The number of rotatable bonds is 10. The molecule has 1 unspecified atom stereocenters. The van der Waals surface area contributed by atoms with Crippen molar-refractivity contribution in [1.82, 2.24) is 15.1 Å². The quantitative estimate of drug-likeness (QED) is 0.622. The van der Waals surface area contributed by atoms with Crippen LogP contribution in [-0.4, -0.2) is 60.9 Å². The molecule has 122 valence electrons. The summed E-state index contributed by atoms with van der Waals surface area (Å²) in [5.74, 6) is 0.0245. The molecule has 21 heavy (non-hydrogen) atoms. The van der Waals surface area contributed by atoms with Crippen molar-refractivity contribution in [2.45, 2.75) is 46.5 Å². The Hall–Kier alpha value is -1.10. The lowest BCUT2D eigenvalue weighted by Crippen LogP contribution is -2.35. The zero-order chi connectivity index (χ0) is 15.7. The molecule has 0 radical (unpaired) electrons. The fourth-order valence-electron chi connectivity index (χ4n) is 2.71. The molecule has 1 N–H and O–H groups in total. The molecule has 5 heteroatoms. The molecule has 0 aromatic heterocycles. The van der Waals surface area contributed by atoms with E-state index in [9.17, 15) is 9.59 Å². The lowest BCUT2D eigenvalue weighted by atomic mass is 10.1. The molecular weight excluding hydrogens is 266 g/mol. The van der Waals surface area contributed by atoms with Gasteiger partial charge in [-0.05, 0) is 32.5 Å². The van der Waals surface area contributed by atoms with Gasteiger partial charge in [0.1, 0.15) is 0 Å². The Morgan fingerprint density at radius 2 is 2.00 bits per heavy atom. The maximum Gasteiger partial charge on any atom is 0.225 e. The zero-order valence-corrected chi connectivity index (χ0v) is 13.9. The Balaban J connectivity index is 2.22. The molecule has 1 atom stereocenters. The second kappa shape index (κ2) is 9.77. The van der Waals surface area contributed by atoms with Gasteiger partial charge in [0.15, 0.2) is 0 Å². The van der Waals surface area contributed by atoms with Gasteiger partial charge >= 0.3 is 0 Å². The number of carbonyl (C=O) groups is 2. The molecule has 1 rings (SSSR count). The van der Waals surface area contributed by atoms with Crippen LogP contribution in [-0.2, 0) is 9.59 Å². The summed E-state index contributed by atoms with van der Waals surface area (Å²) in [6, 6.07) is 0. The highest BCUT2D eigenvalue weighted by molar-refractivity contribution is 5.89. The van der Waals surface area contributed by atoms with Crippen molar-refractivity contribution in [3.63, 3.8) is 0 Å². The Morgan fingerprint density at radius 1 is 1.29 bits per heavy atom. The van der Waals surface area contributed by atoms with Gasteiger partial charge in [0.2, 0.25) is 11.8 Å². The highest BCUT2D eigenvalue weighted by atomic mass is 16.2. The molecular formula is C16H31N3O2. The van der Waals surface area contributed by atoms with Crippen molar-refractivity contribution in [1.29, 1.82) is 0 Å². The van der Waals surface area contributed by atoms with Crippen LogP contribution in [0.4, 0.5) is 0 Å². The monoisotopic (exact) mass is 297 g/mol. The fourth-order valence-corrected chi connectivity index (χ4v) is 2.71. The van der Waals surface area contributed by atoms with E-state index in [1.165, 1.54) is 0 Å². The van der Waals surface area contributed by atoms with E-state index in [4.69, 9.17) is 0 Å². The third kappa shape index (κ3) is 6.04. The summed E-state index contributed by atoms with van der Waals surface area (Å²) in [5, 5.41) is 2.98. The Labute approximate surface area is 129 Å². The van der Waals surface area contributed by atoms with E-state index < -0.39 is 0 Å². The Bertz CT molecular complexity index is 329. The number of nitrogens with one attached hydrogen (secondary N) is 1. The number of hydrogen-bond donors (Lipinski definition) is 1. The van der Waals surface area contributed by atoms with Crippen LogP contribution in [0.2, 0.25) is 0 Å². The number of hydrogen-bond acceptors (Lipinski definition) is 3. The summed E-state index contributed by atoms with van der Waals surface area (Å²) in [6.07, 6.45) is 3.44. The van der Waals surface area contributed by atoms with E-state index in [0.717, 1.165) is 45.4 Å². The zero-order valence-electron chi connectivity index (χ0n) is 13.9. The average molecular weight is 297 g/mol. The van der Waals surface area contributed by atoms with E-state index in [2.05, 4.69) is 31.0 Å². The summed E-state index contributed by atoms with van der Waals surface area (Å²) in [5.41, 5.74) is 0. The molecule has 2 amide bonds. The van der Waals surface area contributed by atoms with Gasteiger partial charge in [0, 0.05) is 26.1 Å². The first-order chi connectivity index (χ1) is 10.1. The first-order valence-corrected chi connectivity index (χ1v) is 8.40. The van der Waals surface area contributed by atoms with Crippen LogP contribution in [0, 0.1) is 5.92 Å². The van der Waals surface area contributed by atoms with Crippen molar-refractivity contribution in [3.8, 4) is 0 Å². The summed E-state index contributed by atoms with van der Waals surface area (Å²) >= 11 is 0. The topological polar surface area (TPSA) is 52.7 Å². The van der Waals surface area contributed by atoms with Gasteiger partial charge in [-0.3, -0.25) is 9.59 Å². The van der Waals surface area contributed by atoms with Crippen LogP contribution in [0.3, 0.4) is 0 Å². The maximum atomic E-state index is 12.1. The lowest BCUT2D eigenvalue weighted by molar-refractivity contribution is -0.129. The molecule has 5 nitrogen and oxygen atoms in total. The van der Waals surface area contributed by atoms with Crippen molar-refractivity contribution in [2.75, 3.05) is 39.3 Å². The SMILES string of the molecule is CCCCN1CC(C(=O)NCCCN(CC)CC)CC1=O. The van der Waals surface area contributed by atoms with Gasteiger partial charge < -0.3 is 15.1 Å². The third-order valence-electron chi connectivity index (χ3n) is 4.21. The molecule has 1 saturated heterocycles. The van der Waals surface area contributed by atoms with Gasteiger partial charge in [0.25, 0.3) is 0 Å². The summed E-state index contributed by atoms with van der Waals surface area (Å²) in [4.78, 5) is 28.1. The van der Waals surface area contributed by atoms with E-state index in [-0.39, 0.29) is 17.7 Å². The summed E-state index contributed by atoms with van der Waals surface area (Å²) in [7, 11) is 0. The minimum atomic E-state index is -0.150. The molecule has 0 aliphatic carbocycles. The third-order valence-corrected chi connectivity index (χ3v) is 4.21. The highest BCUT2D eigenvalue weighted by Crippen LogP contribution is 2.18. The molecule has 1 aliphatic heterocycles. The van der Waals surface area contributed by atoms with Crippen LogP contribution >= 0.6 is 0 Å². The van der Waals surface area contributed by atoms with E-state index in [0.29, 0.717) is 19.5 Å². The molecule has 0 saturated carbocycles. The Kier molecular flexibility index (Phi) is 8.35. The number of carbonyl (C=O) groups excluding carboxylic acids is 2. The summed E-state index contributed by atoms with van der Waals surface area (Å²) in [6.45, 7) is 11.6. The molecule has 1 heterocycles. The van der Waals surface area contributed by atoms with Crippen molar-refractivity contribution in [2.24, 2.45) is 5.92 Å². The van der Waals surface area contributed by atoms with Crippen LogP contribution in [0.5, 0.6) is 0 Å². The highest BCUT2D eigenvalue weighted by Gasteiger charge is 2.33. The van der Waals surface area contributed by atoms with E-state index in [1.54, 1.807) is 0 Å². The Morgan fingerprint density at radius 3 is 2.62 bits per heavy atom. The molecule has 0 bridgehead atoms. The number of likely N-dealkylation sites (tertiary alicyclic amines) is 1. The van der Waals surface area contributed by atoms with E-state index >= 15 is 0 Å². The lowest BCUT2D eigenvalue weighted by Gasteiger charge is -2.18. The first-order valence-electron chi connectivity index (χ1n) is 8.40. The summed E-state index contributed by atoms with van der Waals surface area (Å²) < 4.78 is 0. The standard InChI is InChI=1S/C16H31N3O2/c1-4-7-11-19-13-14(12-15(19)20)16(21)17-9-8-10-18(5-2)6-3/h14H,4-13H2,1-3H3,(H,17,21). The van der Waals surface area contributed by atoms with E-state index in [1.807, 2.05) is 4.90 Å². The molecule has 0 aromatic carbocycles. The minimum Gasteiger partial charge on any atom is -0.356 e. The second-order valence-electron chi connectivity index (χ2n) is 5.77. The number of amides is 2. The molecule has 0 spiro atoms. The van der Waals surface area contributed by atoms with Gasteiger partial charge in [-0.15, -0.1) is 0 Å². The normalized spacial score (nSPS) is 18.6. The first kappa shape index (κ1) is 18.0. The van der Waals surface area contributed by atoms with Gasteiger partial charge in [-0.2, -0.15) is 0 Å². The van der Waals surface area contributed by atoms with Gasteiger partial charge in [-0.25, -0.2) is 0 Å². The van der Waals surface area contributed by atoms with Crippen molar-refractivity contribution in [3.05, 3.63) is 0 Å². The smallest absolute Gasteiger partial charge is 0.225 e.